The van der Waals surface area contributed by atoms with Crippen molar-refractivity contribution >= 4 is 39.8 Å². The Morgan fingerprint density at radius 2 is 1.95 bits per heavy atom. The van der Waals surface area contributed by atoms with Gasteiger partial charge in [0.05, 0.1) is 23.3 Å². The Labute approximate surface area is 231 Å². The van der Waals surface area contributed by atoms with E-state index in [1.165, 1.54) is 38.8 Å². The quantitative estimate of drug-likeness (QED) is 0.337. The maximum absolute atomic E-state index is 6.78. The fraction of sp³-hybridized carbons (Fsp3) is 0.533. The standard InChI is InChI=1S/C30H41ClN6O/c1-20(2)28-27(38-3)9-6-22-18-33-30(35-29(22)28)34-24-7-8-26(25(31)17-24)37-15-10-21(11-16-37)5-4-13-36-14-12-23(32)19-36/h6-9,17-18,20-21,23H,4-5,10-16,19,32H2,1-3H3,(H,33,34,35). The second-order valence-corrected chi connectivity index (χ2v) is 11.6. The highest BCUT2D eigenvalue weighted by atomic mass is 35.5. The van der Waals surface area contributed by atoms with Gasteiger partial charge in [0.15, 0.2) is 0 Å². The Bertz CT molecular complexity index is 1240. The maximum atomic E-state index is 6.78. The number of likely N-dealkylation sites (tertiary alicyclic amines) is 1. The first-order chi connectivity index (χ1) is 18.4. The first kappa shape index (κ1) is 27.0. The van der Waals surface area contributed by atoms with Crippen LogP contribution in [0.1, 0.15) is 57.4 Å². The molecule has 0 radical (unpaired) electrons. The molecular weight excluding hydrogens is 496 g/mol. The van der Waals surface area contributed by atoms with Crippen molar-refractivity contribution in [3.63, 3.8) is 0 Å². The third-order valence-electron chi connectivity index (χ3n) is 8.10. The molecule has 0 spiro atoms. The van der Waals surface area contributed by atoms with E-state index >= 15 is 0 Å². The van der Waals surface area contributed by atoms with Crippen LogP contribution in [0.4, 0.5) is 17.3 Å². The summed E-state index contributed by atoms with van der Waals surface area (Å²) < 4.78 is 5.60. The number of nitrogens with zero attached hydrogens (tertiary/aromatic N) is 4. The minimum absolute atomic E-state index is 0.276. The largest absolute Gasteiger partial charge is 0.496 e. The zero-order valence-corrected chi connectivity index (χ0v) is 23.7. The van der Waals surface area contributed by atoms with Crippen LogP contribution in [0, 0.1) is 5.92 Å². The molecule has 1 unspecified atom stereocenters. The summed E-state index contributed by atoms with van der Waals surface area (Å²) in [6, 6.07) is 10.5. The van der Waals surface area contributed by atoms with Crippen molar-refractivity contribution < 1.29 is 4.74 Å². The van der Waals surface area contributed by atoms with Crippen molar-refractivity contribution in [2.24, 2.45) is 11.7 Å². The van der Waals surface area contributed by atoms with E-state index in [9.17, 15) is 0 Å². The molecule has 7 nitrogen and oxygen atoms in total. The van der Waals surface area contributed by atoms with Crippen LogP contribution in [0.5, 0.6) is 5.75 Å². The van der Waals surface area contributed by atoms with Crippen molar-refractivity contribution in [3.8, 4) is 5.75 Å². The summed E-state index contributed by atoms with van der Waals surface area (Å²) in [4.78, 5) is 14.3. The van der Waals surface area contributed by atoms with Gasteiger partial charge in [-0.15, -0.1) is 0 Å². The third kappa shape index (κ3) is 6.16. The Balaban J connectivity index is 1.19. The van der Waals surface area contributed by atoms with Crippen molar-refractivity contribution in [1.82, 2.24) is 14.9 Å². The van der Waals surface area contributed by atoms with Gasteiger partial charge in [-0.3, -0.25) is 0 Å². The SMILES string of the molecule is COc1ccc2cnc(Nc3ccc(N4CCC(CCCN5CCC(N)C5)CC4)c(Cl)c3)nc2c1C(C)C. The molecule has 0 bridgehead atoms. The lowest BCUT2D eigenvalue weighted by Crippen LogP contribution is -2.34. The molecule has 0 saturated carbocycles. The summed E-state index contributed by atoms with van der Waals surface area (Å²) in [5.41, 5.74) is 10.0. The summed E-state index contributed by atoms with van der Waals surface area (Å²) >= 11 is 6.78. The van der Waals surface area contributed by atoms with Gasteiger partial charge in [0.2, 0.25) is 5.95 Å². The number of ether oxygens (including phenoxy) is 1. The normalized spacial score (nSPS) is 19.0. The number of anilines is 3. The van der Waals surface area contributed by atoms with Gasteiger partial charge in [-0.1, -0.05) is 25.4 Å². The molecule has 8 heteroatoms. The number of fused-ring (bicyclic) bond motifs is 1. The van der Waals surface area contributed by atoms with Crippen LogP contribution >= 0.6 is 11.6 Å². The topological polar surface area (TPSA) is 79.5 Å². The zero-order valence-electron chi connectivity index (χ0n) is 22.9. The average Bonchev–Trinajstić information content (AvgIpc) is 3.33. The molecule has 3 N–H and O–H groups in total. The minimum atomic E-state index is 0.276. The highest BCUT2D eigenvalue weighted by Gasteiger charge is 2.23. The van der Waals surface area contributed by atoms with Gasteiger partial charge in [0.1, 0.15) is 5.75 Å². The molecule has 3 heterocycles. The van der Waals surface area contributed by atoms with Crippen molar-refractivity contribution in [2.45, 2.75) is 57.9 Å². The van der Waals surface area contributed by atoms with E-state index < -0.39 is 0 Å². The molecule has 0 aliphatic carbocycles. The molecule has 2 aliphatic heterocycles. The number of methoxy groups -OCH3 is 1. The molecule has 5 rings (SSSR count). The summed E-state index contributed by atoms with van der Waals surface area (Å²) in [6.07, 6.45) is 8.05. The number of hydrogen-bond acceptors (Lipinski definition) is 7. The van der Waals surface area contributed by atoms with Crippen molar-refractivity contribution in [3.05, 3.63) is 47.1 Å². The monoisotopic (exact) mass is 536 g/mol. The molecule has 38 heavy (non-hydrogen) atoms. The molecule has 204 valence electrons. The van der Waals surface area contributed by atoms with Gasteiger partial charge in [-0.2, -0.15) is 0 Å². The number of halogens is 1. The summed E-state index contributed by atoms with van der Waals surface area (Å²) in [5.74, 6) is 2.48. The van der Waals surface area contributed by atoms with Gasteiger partial charge in [-0.05, 0) is 87.4 Å². The lowest BCUT2D eigenvalue weighted by Gasteiger charge is -2.34. The number of nitrogens with two attached hydrogens (primary N) is 1. The summed E-state index contributed by atoms with van der Waals surface area (Å²) in [5, 5.41) is 5.10. The highest BCUT2D eigenvalue weighted by Crippen LogP contribution is 2.35. The Hall–Kier alpha value is -2.61. The fourth-order valence-corrected chi connectivity index (χ4v) is 6.30. The molecule has 1 aromatic heterocycles. The van der Waals surface area contributed by atoms with E-state index in [2.05, 4.69) is 46.1 Å². The lowest BCUT2D eigenvalue weighted by molar-refractivity contribution is 0.297. The number of hydrogen-bond donors (Lipinski definition) is 2. The van der Waals surface area contributed by atoms with Crippen LogP contribution in [-0.4, -0.2) is 60.7 Å². The number of benzene rings is 2. The zero-order chi connectivity index (χ0) is 26.6. The van der Waals surface area contributed by atoms with Crippen LogP contribution < -0.4 is 20.7 Å². The number of piperidine rings is 1. The van der Waals surface area contributed by atoms with Crippen LogP contribution in [0.3, 0.4) is 0 Å². The predicted octanol–water partition coefficient (Wildman–Crippen LogP) is 6.19. The van der Waals surface area contributed by atoms with E-state index in [1.807, 2.05) is 24.4 Å². The Morgan fingerprint density at radius 3 is 2.63 bits per heavy atom. The van der Waals surface area contributed by atoms with E-state index in [0.29, 0.717) is 12.0 Å². The van der Waals surface area contributed by atoms with E-state index in [0.717, 1.165) is 70.6 Å². The molecule has 2 fully saturated rings. The van der Waals surface area contributed by atoms with Crippen molar-refractivity contribution in [1.29, 1.82) is 0 Å². The van der Waals surface area contributed by atoms with Crippen LogP contribution in [0.15, 0.2) is 36.5 Å². The molecule has 1 atom stereocenters. The summed E-state index contributed by atoms with van der Waals surface area (Å²) in [6.45, 7) is 9.85. The maximum Gasteiger partial charge on any atom is 0.227 e. The molecular formula is C30H41ClN6O. The highest BCUT2D eigenvalue weighted by molar-refractivity contribution is 6.33. The summed E-state index contributed by atoms with van der Waals surface area (Å²) in [7, 11) is 1.70. The molecule has 2 saturated heterocycles. The van der Waals surface area contributed by atoms with Gasteiger partial charge in [0, 0.05) is 48.5 Å². The number of aromatic nitrogens is 2. The van der Waals surface area contributed by atoms with Crippen LogP contribution in [-0.2, 0) is 0 Å². The minimum Gasteiger partial charge on any atom is -0.496 e. The third-order valence-corrected chi connectivity index (χ3v) is 8.41. The molecule has 2 aliphatic rings. The van der Waals surface area contributed by atoms with E-state index in [1.54, 1.807) is 7.11 Å². The predicted molar refractivity (Wildman–Crippen MR) is 158 cm³/mol. The first-order valence-electron chi connectivity index (χ1n) is 14.0. The van der Waals surface area contributed by atoms with E-state index in [4.69, 9.17) is 27.1 Å². The smallest absolute Gasteiger partial charge is 0.227 e. The van der Waals surface area contributed by atoms with Gasteiger partial charge in [-0.25, -0.2) is 9.97 Å². The molecule has 0 amide bonds. The Morgan fingerprint density at radius 1 is 1.13 bits per heavy atom. The van der Waals surface area contributed by atoms with Gasteiger partial charge in [0.25, 0.3) is 0 Å². The lowest BCUT2D eigenvalue weighted by atomic mass is 9.92. The first-order valence-corrected chi connectivity index (χ1v) is 14.4. The van der Waals surface area contributed by atoms with Crippen LogP contribution in [0.2, 0.25) is 5.02 Å². The molecule has 3 aromatic rings. The van der Waals surface area contributed by atoms with Gasteiger partial charge >= 0.3 is 0 Å². The van der Waals surface area contributed by atoms with Crippen molar-refractivity contribution in [2.75, 3.05) is 50.1 Å². The van der Waals surface area contributed by atoms with Crippen LogP contribution in [0.25, 0.3) is 10.9 Å². The molecule has 2 aromatic carbocycles. The second kappa shape index (κ2) is 12.1. The Kier molecular flexibility index (Phi) is 8.56. The number of rotatable bonds is 9. The fourth-order valence-electron chi connectivity index (χ4n) is 6.00. The van der Waals surface area contributed by atoms with E-state index in [-0.39, 0.29) is 5.92 Å². The van der Waals surface area contributed by atoms with Gasteiger partial charge < -0.3 is 25.6 Å². The number of nitrogens with one attached hydrogen (secondary N) is 1. The average molecular weight is 537 g/mol. The second-order valence-electron chi connectivity index (χ2n) is 11.2.